The normalized spacial score (nSPS) is 15.9. The molecular weight excluding hydrogens is 310 g/mol. The number of hydrogen-bond donors (Lipinski definition) is 0. The fraction of sp³-hybridized carbons (Fsp3) is 0.278. The van der Waals surface area contributed by atoms with Crippen molar-refractivity contribution in [1.29, 1.82) is 0 Å². The highest BCUT2D eigenvalue weighted by Gasteiger charge is 2.50. The van der Waals surface area contributed by atoms with Crippen molar-refractivity contribution < 1.29 is 13.7 Å². The number of benzene rings is 2. The topological polar surface area (TPSA) is 55.7 Å². The van der Waals surface area contributed by atoms with Crippen LogP contribution in [0.25, 0.3) is 0 Å². The molecule has 0 atom stereocenters. The van der Waals surface area contributed by atoms with Gasteiger partial charge in [0.1, 0.15) is 9.73 Å². The molecule has 2 aromatic carbocycles. The van der Waals surface area contributed by atoms with Gasteiger partial charge in [-0.1, -0.05) is 36.4 Å². The van der Waals surface area contributed by atoms with Crippen LogP contribution in [0.4, 0.5) is 0 Å². The van der Waals surface area contributed by atoms with Crippen LogP contribution in [0.2, 0.25) is 0 Å². The predicted octanol–water partition coefficient (Wildman–Crippen LogP) is 3.53. The summed E-state index contributed by atoms with van der Waals surface area (Å²) in [6, 6.07) is 17.9. The fourth-order valence-corrected chi connectivity index (χ4v) is 4.47. The zero-order valence-corrected chi connectivity index (χ0v) is 13.8. The summed E-state index contributed by atoms with van der Waals surface area (Å²) in [7, 11) is -1.42. The number of ether oxygens (including phenoxy) is 1. The lowest BCUT2D eigenvalue weighted by atomic mass is 10.1. The van der Waals surface area contributed by atoms with Crippen molar-refractivity contribution in [2.24, 2.45) is 9.78 Å². The molecule has 0 unspecified atom stereocenters. The molecule has 2 aromatic rings. The van der Waals surface area contributed by atoms with E-state index in [2.05, 4.69) is 4.36 Å². The number of nitrogens with zero attached hydrogens (tertiary/aromatic N) is 1. The van der Waals surface area contributed by atoms with Crippen LogP contribution in [-0.4, -0.2) is 23.8 Å². The van der Waals surface area contributed by atoms with Crippen LogP contribution < -0.4 is 0 Å². The fourth-order valence-electron chi connectivity index (χ4n) is 2.51. The Bertz CT molecular complexity index is 759. The van der Waals surface area contributed by atoms with Crippen molar-refractivity contribution >= 4 is 15.6 Å². The third-order valence-corrected chi connectivity index (χ3v) is 6.31. The van der Waals surface area contributed by atoms with Crippen molar-refractivity contribution in [3.63, 3.8) is 0 Å². The van der Waals surface area contributed by atoms with Gasteiger partial charge in [-0.05, 0) is 37.1 Å². The van der Waals surface area contributed by atoms with Crippen LogP contribution in [0.3, 0.4) is 0 Å². The average Bonchev–Trinajstić information content (AvgIpc) is 3.38. The van der Waals surface area contributed by atoms with E-state index in [1.807, 2.05) is 12.1 Å². The molecule has 5 heteroatoms. The maximum absolute atomic E-state index is 13.6. The van der Waals surface area contributed by atoms with Gasteiger partial charge in [-0.25, -0.2) is 4.21 Å². The van der Waals surface area contributed by atoms with Gasteiger partial charge in [0.25, 0.3) is 5.91 Å². The Labute approximate surface area is 136 Å². The summed E-state index contributed by atoms with van der Waals surface area (Å²) in [6.45, 7) is 0.328. The minimum atomic E-state index is -2.99. The Kier molecular flexibility index (Phi) is 4.33. The quantitative estimate of drug-likeness (QED) is 0.843. The summed E-state index contributed by atoms with van der Waals surface area (Å²) in [5.74, 6) is -0.322. The molecule has 4 nitrogen and oxygen atoms in total. The van der Waals surface area contributed by atoms with E-state index in [0.29, 0.717) is 16.4 Å². The van der Waals surface area contributed by atoms with Crippen molar-refractivity contribution in [2.75, 3.05) is 13.7 Å². The second kappa shape index (κ2) is 6.26. The van der Waals surface area contributed by atoms with E-state index in [-0.39, 0.29) is 5.91 Å². The molecule has 23 heavy (non-hydrogen) atoms. The van der Waals surface area contributed by atoms with Gasteiger partial charge in [0.05, 0.1) is 21.8 Å². The summed E-state index contributed by atoms with van der Waals surface area (Å²) >= 11 is 0. The average molecular weight is 329 g/mol. The molecule has 0 N–H and O–H groups in total. The van der Waals surface area contributed by atoms with Gasteiger partial charge >= 0.3 is 0 Å². The molecule has 3 rings (SSSR count). The first kappa shape index (κ1) is 15.9. The lowest BCUT2D eigenvalue weighted by Gasteiger charge is -2.13. The monoisotopic (exact) mass is 329 g/mol. The standard InChI is InChI=1S/C18H19NO3S/c1-22-14-18(12-13-18)17(20)19-23(21,15-8-4-2-5-9-15)16-10-6-3-7-11-16/h2-11H,12-14H2,1H3. The van der Waals surface area contributed by atoms with Crippen LogP contribution in [-0.2, 0) is 19.3 Å². The van der Waals surface area contributed by atoms with Crippen LogP contribution in [0.5, 0.6) is 0 Å². The molecule has 0 aromatic heterocycles. The number of amides is 1. The number of carbonyl (C=O) groups is 1. The zero-order valence-electron chi connectivity index (χ0n) is 13.0. The predicted molar refractivity (Wildman–Crippen MR) is 88.5 cm³/mol. The summed E-state index contributed by atoms with van der Waals surface area (Å²) in [4.78, 5) is 13.8. The summed E-state index contributed by atoms with van der Waals surface area (Å²) in [5.41, 5.74) is -0.582. The molecule has 120 valence electrons. The SMILES string of the molecule is COCC1(C(=O)N=S(=O)(c2ccccc2)c2ccccc2)CC1. The molecule has 0 spiro atoms. The van der Waals surface area contributed by atoms with Gasteiger partial charge in [0, 0.05) is 7.11 Å². The van der Waals surface area contributed by atoms with E-state index in [1.165, 1.54) is 0 Å². The van der Waals surface area contributed by atoms with Gasteiger partial charge in [-0.15, -0.1) is 0 Å². The first-order valence-corrected chi connectivity index (χ1v) is 9.03. The highest BCUT2D eigenvalue weighted by atomic mass is 32.2. The van der Waals surface area contributed by atoms with Crippen LogP contribution >= 0.6 is 0 Å². The Balaban J connectivity index is 2.12. The highest BCUT2D eigenvalue weighted by molar-refractivity contribution is 7.94. The first-order valence-electron chi connectivity index (χ1n) is 7.51. The Morgan fingerprint density at radius 3 is 1.91 bits per heavy atom. The summed E-state index contributed by atoms with van der Waals surface area (Å²) in [6.07, 6.45) is 1.48. The van der Waals surface area contributed by atoms with Crippen molar-refractivity contribution in [2.45, 2.75) is 22.6 Å². The third-order valence-electron chi connectivity index (χ3n) is 4.06. The van der Waals surface area contributed by atoms with Crippen molar-refractivity contribution in [3.8, 4) is 0 Å². The molecule has 0 heterocycles. The van der Waals surface area contributed by atoms with E-state index < -0.39 is 15.1 Å². The van der Waals surface area contributed by atoms with Gasteiger partial charge in [-0.2, -0.15) is 4.36 Å². The second-order valence-electron chi connectivity index (χ2n) is 5.76. The molecule has 0 radical (unpaired) electrons. The van der Waals surface area contributed by atoms with Crippen LogP contribution in [0.1, 0.15) is 12.8 Å². The molecule has 0 aliphatic heterocycles. The first-order chi connectivity index (χ1) is 11.1. The minimum absolute atomic E-state index is 0.322. The van der Waals surface area contributed by atoms with Gasteiger partial charge in [-0.3, -0.25) is 4.79 Å². The molecule has 1 amide bonds. The molecule has 1 aliphatic carbocycles. The molecule has 0 bridgehead atoms. The van der Waals surface area contributed by atoms with Crippen molar-refractivity contribution in [1.82, 2.24) is 0 Å². The lowest BCUT2D eigenvalue weighted by Crippen LogP contribution is -2.21. The summed E-state index contributed by atoms with van der Waals surface area (Å²) < 4.78 is 23.0. The van der Waals surface area contributed by atoms with E-state index in [9.17, 15) is 9.00 Å². The second-order valence-corrected chi connectivity index (χ2v) is 7.94. The van der Waals surface area contributed by atoms with E-state index in [0.717, 1.165) is 12.8 Å². The van der Waals surface area contributed by atoms with E-state index in [4.69, 9.17) is 4.74 Å². The van der Waals surface area contributed by atoms with Gasteiger partial charge < -0.3 is 4.74 Å². The maximum atomic E-state index is 13.6. The van der Waals surface area contributed by atoms with Crippen LogP contribution in [0.15, 0.2) is 74.8 Å². The number of carbonyl (C=O) groups excluding carboxylic acids is 1. The molecule has 1 fully saturated rings. The van der Waals surface area contributed by atoms with E-state index >= 15 is 0 Å². The number of methoxy groups -OCH3 is 1. The smallest absolute Gasteiger partial charge is 0.262 e. The van der Waals surface area contributed by atoms with E-state index in [1.54, 1.807) is 55.6 Å². The maximum Gasteiger partial charge on any atom is 0.262 e. The molecular formula is C18H19NO3S. The number of rotatable bonds is 5. The molecule has 1 saturated carbocycles. The Morgan fingerprint density at radius 2 is 1.52 bits per heavy atom. The Morgan fingerprint density at radius 1 is 1.04 bits per heavy atom. The van der Waals surface area contributed by atoms with Gasteiger partial charge in [0.15, 0.2) is 0 Å². The van der Waals surface area contributed by atoms with Crippen molar-refractivity contribution in [3.05, 3.63) is 60.7 Å². The molecule has 1 aliphatic rings. The Hall–Kier alpha value is -1.98. The van der Waals surface area contributed by atoms with Crippen LogP contribution in [0, 0.1) is 5.41 Å². The largest absolute Gasteiger partial charge is 0.384 e. The third kappa shape index (κ3) is 3.07. The zero-order chi connectivity index (χ0) is 16.3. The highest BCUT2D eigenvalue weighted by Crippen LogP contribution is 2.47. The van der Waals surface area contributed by atoms with Gasteiger partial charge in [0.2, 0.25) is 0 Å². The number of hydrogen-bond acceptors (Lipinski definition) is 3. The minimum Gasteiger partial charge on any atom is -0.384 e. The lowest BCUT2D eigenvalue weighted by molar-refractivity contribution is -0.124. The summed E-state index contributed by atoms with van der Waals surface area (Å²) in [5, 5.41) is 0. The molecule has 0 saturated heterocycles.